The van der Waals surface area contributed by atoms with Gasteiger partial charge in [0.2, 0.25) is 0 Å². The van der Waals surface area contributed by atoms with Crippen LogP contribution < -0.4 is 0 Å². The lowest BCUT2D eigenvalue weighted by Gasteiger charge is -2.18. The van der Waals surface area contributed by atoms with E-state index in [9.17, 15) is 4.79 Å². The number of thioether (sulfide) groups is 1. The molecule has 0 heterocycles. The maximum absolute atomic E-state index is 10.9. The Morgan fingerprint density at radius 1 is 1.40 bits per heavy atom. The second-order valence-corrected chi connectivity index (χ2v) is 5.25. The average Bonchev–Trinajstić information content (AvgIpc) is 2.18. The monoisotopic (exact) mass is 221 g/mol. The predicted octanol–water partition coefficient (Wildman–Crippen LogP) is 2.51. The molecule has 0 aliphatic heterocycles. The zero-order chi connectivity index (χ0) is 11.5. The lowest BCUT2D eigenvalue weighted by Crippen LogP contribution is -2.26. The van der Waals surface area contributed by atoms with Crippen molar-refractivity contribution in [1.82, 2.24) is 0 Å². The largest absolute Gasteiger partial charge is 0.480 e. The van der Waals surface area contributed by atoms with Gasteiger partial charge in [-0.1, -0.05) is 0 Å². The van der Waals surface area contributed by atoms with Gasteiger partial charge in [-0.3, -0.25) is 4.79 Å². The fourth-order valence-electron chi connectivity index (χ4n) is 0.936. The first-order valence-corrected chi connectivity index (χ1v) is 5.20. The summed E-state index contributed by atoms with van der Waals surface area (Å²) < 4.78 is -0.853. The number of benzene rings is 1. The van der Waals surface area contributed by atoms with Crippen LogP contribution in [0.25, 0.3) is 0 Å². The van der Waals surface area contributed by atoms with Crippen molar-refractivity contribution in [3.8, 4) is 6.07 Å². The highest BCUT2D eigenvalue weighted by Crippen LogP contribution is 2.32. The first-order chi connectivity index (χ1) is 6.95. The molecule has 1 rings (SSSR count). The van der Waals surface area contributed by atoms with Gasteiger partial charge in [-0.15, -0.1) is 11.8 Å². The summed E-state index contributed by atoms with van der Waals surface area (Å²) in [6.07, 6.45) is 0. The number of carbonyl (C=O) groups is 1. The predicted molar refractivity (Wildman–Crippen MR) is 58.7 cm³/mol. The van der Waals surface area contributed by atoms with Crippen molar-refractivity contribution in [2.45, 2.75) is 23.5 Å². The van der Waals surface area contributed by atoms with Gasteiger partial charge in [-0.2, -0.15) is 5.26 Å². The van der Waals surface area contributed by atoms with Gasteiger partial charge in [0.15, 0.2) is 0 Å². The molecule has 0 amide bonds. The molecule has 1 N–H and O–H groups in total. The van der Waals surface area contributed by atoms with Gasteiger partial charge in [-0.25, -0.2) is 0 Å². The number of carboxylic acid groups (broad SMARTS) is 1. The van der Waals surface area contributed by atoms with Crippen LogP contribution in [0.2, 0.25) is 0 Å². The molecule has 3 nitrogen and oxygen atoms in total. The molecule has 0 aromatic heterocycles. The van der Waals surface area contributed by atoms with E-state index < -0.39 is 10.7 Å². The minimum absolute atomic E-state index is 0.576. The number of nitriles is 1. The molecule has 15 heavy (non-hydrogen) atoms. The Hall–Kier alpha value is -1.47. The molecule has 78 valence electrons. The molecule has 0 radical (unpaired) electrons. The molecule has 0 saturated carbocycles. The van der Waals surface area contributed by atoms with Crippen LogP contribution in [-0.2, 0) is 4.79 Å². The molecule has 1 aromatic rings. The van der Waals surface area contributed by atoms with Crippen LogP contribution in [0.5, 0.6) is 0 Å². The normalized spacial score (nSPS) is 10.7. The topological polar surface area (TPSA) is 61.1 Å². The summed E-state index contributed by atoms with van der Waals surface area (Å²) in [5, 5.41) is 17.5. The van der Waals surface area contributed by atoms with E-state index in [-0.39, 0.29) is 0 Å². The van der Waals surface area contributed by atoms with Crippen LogP contribution in [-0.4, -0.2) is 15.8 Å². The number of hydrogen-bond donors (Lipinski definition) is 1. The smallest absolute Gasteiger partial charge is 0.319 e. The Morgan fingerprint density at radius 3 is 2.33 bits per heavy atom. The highest BCUT2D eigenvalue weighted by Gasteiger charge is 2.28. The Kier molecular flexibility index (Phi) is 3.38. The van der Waals surface area contributed by atoms with Gasteiger partial charge < -0.3 is 5.11 Å². The Bertz CT molecular complexity index is 404. The summed E-state index contributed by atoms with van der Waals surface area (Å²) >= 11 is 1.26. The van der Waals surface area contributed by atoms with E-state index in [2.05, 4.69) is 0 Å². The number of nitrogens with zero attached hydrogens (tertiary/aromatic N) is 1. The number of carboxylic acids is 1. The van der Waals surface area contributed by atoms with Crippen molar-refractivity contribution in [3.63, 3.8) is 0 Å². The molecular weight excluding hydrogens is 210 g/mol. The SMILES string of the molecule is CC(C)(Sc1ccc(C#N)cc1)C(=O)O. The van der Waals surface area contributed by atoms with Crippen molar-refractivity contribution in [2.24, 2.45) is 0 Å². The summed E-state index contributed by atoms with van der Waals surface area (Å²) in [6, 6.07) is 8.89. The second kappa shape index (κ2) is 4.37. The Balaban J connectivity index is 2.83. The summed E-state index contributed by atoms with van der Waals surface area (Å²) in [4.78, 5) is 11.7. The van der Waals surface area contributed by atoms with Crippen LogP contribution in [0.4, 0.5) is 0 Å². The van der Waals surface area contributed by atoms with Gasteiger partial charge in [0.1, 0.15) is 4.75 Å². The van der Waals surface area contributed by atoms with E-state index in [1.807, 2.05) is 6.07 Å². The summed E-state index contributed by atoms with van der Waals surface area (Å²) in [5.74, 6) is -0.850. The molecule has 4 heteroatoms. The van der Waals surface area contributed by atoms with E-state index in [0.717, 1.165) is 4.90 Å². The number of aliphatic carboxylic acids is 1. The zero-order valence-corrected chi connectivity index (χ0v) is 9.34. The lowest BCUT2D eigenvalue weighted by molar-refractivity contribution is -0.138. The Morgan fingerprint density at radius 2 is 1.93 bits per heavy atom. The molecule has 0 aliphatic rings. The molecular formula is C11H11NO2S. The summed E-state index contributed by atoms with van der Waals surface area (Å²) in [5.41, 5.74) is 0.576. The highest BCUT2D eigenvalue weighted by molar-refractivity contribution is 8.01. The molecule has 0 saturated heterocycles. The highest BCUT2D eigenvalue weighted by atomic mass is 32.2. The van der Waals surface area contributed by atoms with Gasteiger partial charge >= 0.3 is 5.97 Å². The quantitative estimate of drug-likeness (QED) is 0.797. The first kappa shape index (κ1) is 11.6. The number of hydrogen-bond acceptors (Lipinski definition) is 3. The third-order valence-electron chi connectivity index (χ3n) is 1.87. The van der Waals surface area contributed by atoms with Crippen molar-refractivity contribution in [2.75, 3.05) is 0 Å². The second-order valence-electron chi connectivity index (χ2n) is 3.55. The fraction of sp³-hybridized carbons (Fsp3) is 0.273. The van der Waals surface area contributed by atoms with E-state index in [4.69, 9.17) is 10.4 Å². The van der Waals surface area contributed by atoms with Crippen LogP contribution in [0.3, 0.4) is 0 Å². The average molecular weight is 221 g/mol. The molecule has 1 aromatic carbocycles. The standard InChI is InChI=1S/C11H11NO2S/c1-11(2,10(13)14)15-9-5-3-8(7-12)4-6-9/h3-6H,1-2H3,(H,13,14). The summed E-state index contributed by atoms with van der Waals surface area (Å²) in [7, 11) is 0. The molecule has 0 spiro atoms. The van der Waals surface area contributed by atoms with Gasteiger partial charge in [0.05, 0.1) is 11.6 Å². The zero-order valence-electron chi connectivity index (χ0n) is 8.52. The van der Waals surface area contributed by atoms with Crippen molar-refractivity contribution in [1.29, 1.82) is 5.26 Å². The third-order valence-corrected chi connectivity index (χ3v) is 3.06. The molecule has 0 fully saturated rings. The lowest BCUT2D eigenvalue weighted by atomic mass is 10.2. The molecule has 0 atom stereocenters. The van der Waals surface area contributed by atoms with Crippen molar-refractivity contribution >= 4 is 17.7 Å². The molecule has 0 aliphatic carbocycles. The third kappa shape index (κ3) is 3.00. The minimum Gasteiger partial charge on any atom is -0.480 e. The van der Waals surface area contributed by atoms with Gasteiger partial charge in [0.25, 0.3) is 0 Å². The Labute approximate surface area is 92.7 Å². The van der Waals surface area contributed by atoms with Crippen LogP contribution in [0, 0.1) is 11.3 Å². The number of rotatable bonds is 3. The van der Waals surface area contributed by atoms with Crippen LogP contribution >= 0.6 is 11.8 Å². The van der Waals surface area contributed by atoms with E-state index in [1.165, 1.54) is 11.8 Å². The maximum atomic E-state index is 10.9. The van der Waals surface area contributed by atoms with E-state index in [0.29, 0.717) is 5.56 Å². The molecule has 0 unspecified atom stereocenters. The van der Waals surface area contributed by atoms with Gasteiger partial charge in [0, 0.05) is 4.90 Å². The van der Waals surface area contributed by atoms with E-state index >= 15 is 0 Å². The summed E-state index contributed by atoms with van der Waals surface area (Å²) in [6.45, 7) is 3.30. The van der Waals surface area contributed by atoms with Crippen LogP contribution in [0.15, 0.2) is 29.2 Å². The van der Waals surface area contributed by atoms with Gasteiger partial charge in [-0.05, 0) is 38.1 Å². The minimum atomic E-state index is -0.853. The van der Waals surface area contributed by atoms with Crippen LogP contribution in [0.1, 0.15) is 19.4 Å². The fourth-order valence-corrected chi connectivity index (χ4v) is 1.88. The van der Waals surface area contributed by atoms with E-state index in [1.54, 1.807) is 38.1 Å². The maximum Gasteiger partial charge on any atom is 0.319 e. The molecule has 0 bridgehead atoms. The van der Waals surface area contributed by atoms with Crippen molar-refractivity contribution < 1.29 is 9.90 Å². The first-order valence-electron chi connectivity index (χ1n) is 4.38. The van der Waals surface area contributed by atoms with Crippen molar-refractivity contribution in [3.05, 3.63) is 29.8 Å².